The molecule has 1 aromatic rings. The highest BCUT2D eigenvalue weighted by atomic mass is 16.6. The number of hydrogen-bond donors (Lipinski definition) is 2. The zero-order chi connectivity index (χ0) is 11.8. The van der Waals surface area contributed by atoms with Gasteiger partial charge < -0.3 is 10.8 Å². The van der Waals surface area contributed by atoms with Crippen molar-refractivity contribution in [2.24, 2.45) is 5.73 Å². The van der Waals surface area contributed by atoms with Gasteiger partial charge in [0.15, 0.2) is 0 Å². The van der Waals surface area contributed by atoms with Crippen molar-refractivity contribution in [2.75, 3.05) is 0 Å². The molecule has 0 spiro atoms. The summed E-state index contributed by atoms with van der Waals surface area (Å²) in [7, 11) is 0. The van der Waals surface area contributed by atoms with Gasteiger partial charge in [0.1, 0.15) is 5.75 Å². The molecule has 0 heterocycles. The third-order valence-corrected chi connectivity index (χ3v) is 1.26. The summed E-state index contributed by atoms with van der Waals surface area (Å²) in [6, 6.07) is 5.04. The van der Waals surface area contributed by atoms with Crippen LogP contribution in [0.2, 0.25) is 0 Å². The number of hydrogen-bond acceptors (Lipinski definition) is 4. The zero-order valence-electron chi connectivity index (χ0n) is 7.79. The van der Waals surface area contributed by atoms with Crippen molar-refractivity contribution in [2.45, 2.75) is 0 Å². The molecule has 0 fully saturated rings. The second-order valence-corrected chi connectivity index (χ2v) is 2.38. The molecule has 3 N–H and O–H groups in total. The molecule has 0 aliphatic heterocycles. The summed E-state index contributed by atoms with van der Waals surface area (Å²) in [6.07, 6.45) is 1.06. The molecular formula is C9H10N2O4. The van der Waals surface area contributed by atoms with Gasteiger partial charge in [-0.25, -0.2) is 0 Å². The Morgan fingerprint density at radius 3 is 2.13 bits per heavy atom. The largest absolute Gasteiger partial charge is 0.508 e. The van der Waals surface area contributed by atoms with E-state index in [1.807, 2.05) is 0 Å². The number of rotatable bonds is 2. The topological polar surface area (TPSA) is 106 Å². The van der Waals surface area contributed by atoms with Crippen molar-refractivity contribution in [1.29, 1.82) is 0 Å². The molecule has 1 rings (SSSR count). The Labute approximate surface area is 85.8 Å². The van der Waals surface area contributed by atoms with Crippen LogP contribution in [-0.2, 0) is 4.79 Å². The molecule has 0 aliphatic carbocycles. The first kappa shape index (κ1) is 12.6. The summed E-state index contributed by atoms with van der Waals surface area (Å²) >= 11 is 0. The van der Waals surface area contributed by atoms with Crippen LogP contribution in [0.4, 0.5) is 5.69 Å². The fraction of sp³-hybridized carbons (Fsp3) is 0. The van der Waals surface area contributed by atoms with Crippen LogP contribution in [0.3, 0.4) is 0 Å². The molecule has 0 saturated heterocycles. The van der Waals surface area contributed by atoms with Crippen molar-refractivity contribution in [3.8, 4) is 5.75 Å². The number of nitrogens with two attached hydrogens (primary N) is 1. The van der Waals surface area contributed by atoms with E-state index in [4.69, 9.17) is 5.11 Å². The Balaban J connectivity index is 0.000000336. The van der Waals surface area contributed by atoms with Gasteiger partial charge in [-0.3, -0.25) is 14.9 Å². The lowest BCUT2D eigenvalue weighted by Gasteiger charge is -1.89. The number of phenols is 1. The fourth-order valence-electron chi connectivity index (χ4n) is 0.574. The van der Waals surface area contributed by atoms with Crippen LogP contribution in [0.25, 0.3) is 0 Å². The number of nitrogens with zero attached hydrogens (tertiary/aromatic N) is 1. The molecule has 0 saturated carbocycles. The molecule has 0 aromatic heterocycles. The fourth-order valence-corrected chi connectivity index (χ4v) is 0.574. The number of nitro groups is 1. The van der Waals surface area contributed by atoms with Crippen molar-refractivity contribution >= 4 is 11.6 Å². The van der Waals surface area contributed by atoms with Crippen molar-refractivity contribution in [1.82, 2.24) is 0 Å². The normalized spacial score (nSPS) is 8.27. The maximum Gasteiger partial charge on any atom is 0.269 e. The van der Waals surface area contributed by atoms with Gasteiger partial charge in [0.05, 0.1) is 4.92 Å². The minimum atomic E-state index is -0.514. The lowest BCUT2D eigenvalue weighted by atomic mass is 10.3. The number of amides is 1. The Bertz CT molecular complexity index is 359. The van der Waals surface area contributed by atoms with Crippen LogP contribution in [0, 0.1) is 10.1 Å². The van der Waals surface area contributed by atoms with Crippen LogP contribution >= 0.6 is 0 Å². The van der Waals surface area contributed by atoms with E-state index in [0.29, 0.717) is 0 Å². The van der Waals surface area contributed by atoms with Gasteiger partial charge in [-0.2, -0.15) is 0 Å². The molecule has 0 aliphatic rings. The summed E-state index contributed by atoms with van der Waals surface area (Å²) in [6.45, 7) is 3.09. The SMILES string of the molecule is C=CC(N)=O.O=[N+]([O-])c1ccc(O)cc1. The number of non-ortho nitro benzene ring substituents is 1. The second kappa shape index (κ2) is 6.14. The Kier molecular flexibility index (Phi) is 5.17. The first-order chi connectivity index (χ1) is 6.97. The van der Waals surface area contributed by atoms with E-state index < -0.39 is 10.8 Å². The number of carbonyl (C=O) groups excluding carboxylic acids is 1. The Hall–Kier alpha value is -2.37. The quantitative estimate of drug-likeness (QED) is 0.430. The number of carbonyl (C=O) groups is 1. The van der Waals surface area contributed by atoms with E-state index in [-0.39, 0.29) is 11.4 Å². The predicted molar refractivity (Wildman–Crippen MR) is 54.2 cm³/mol. The zero-order valence-corrected chi connectivity index (χ0v) is 7.79. The highest BCUT2D eigenvalue weighted by Gasteiger charge is 2.01. The van der Waals surface area contributed by atoms with Crippen LogP contribution in [-0.4, -0.2) is 15.9 Å². The Morgan fingerprint density at radius 2 is 1.87 bits per heavy atom. The molecular weight excluding hydrogens is 200 g/mol. The number of aromatic hydroxyl groups is 1. The van der Waals surface area contributed by atoms with Crippen LogP contribution in [0.5, 0.6) is 5.75 Å². The van der Waals surface area contributed by atoms with Crippen LogP contribution in [0.15, 0.2) is 36.9 Å². The molecule has 0 unspecified atom stereocenters. The smallest absolute Gasteiger partial charge is 0.269 e. The molecule has 6 heteroatoms. The van der Waals surface area contributed by atoms with Gasteiger partial charge in [-0.05, 0) is 18.2 Å². The van der Waals surface area contributed by atoms with E-state index in [1.165, 1.54) is 24.3 Å². The minimum absolute atomic E-state index is 0.0159. The summed E-state index contributed by atoms with van der Waals surface area (Å²) < 4.78 is 0. The van der Waals surface area contributed by atoms with Gasteiger partial charge in [-0.15, -0.1) is 0 Å². The van der Waals surface area contributed by atoms with Crippen molar-refractivity contribution < 1.29 is 14.8 Å². The summed E-state index contributed by atoms with van der Waals surface area (Å²) in [5.74, 6) is -0.449. The molecule has 1 aromatic carbocycles. The first-order valence-corrected chi connectivity index (χ1v) is 3.82. The molecule has 0 radical (unpaired) electrons. The average Bonchev–Trinajstić information content (AvgIpc) is 2.19. The minimum Gasteiger partial charge on any atom is -0.508 e. The van der Waals surface area contributed by atoms with E-state index in [0.717, 1.165) is 6.08 Å². The molecule has 0 bridgehead atoms. The lowest BCUT2D eigenvalue weighted by Crippen LogP contribution is -2.04. The maximum absolute atomic E-state index is 10.0. The van der Waals surface area contributed by atoms with E-state index in [2.05, 4.69) is 12.3 Å². The third-order valence-electron chi connectivity index (χ3n) is 1.26. The van der Waals surface area contributed by atoms with E-state index >= 15 is 0 Å². The number of phenolic OH excluding ortho intramolecular Hbond substituents is 1. The Morgan fingerprint density at radius 1 is 1.47 bits per heavy atom. The second-order valence-electron chi connectivity index (χ2n) is 2.38. The van der Waals surface area contributed by atoms with Crippen LogP contribution in [0.1, 0.15) is 0 Å². The molecule has 15 heavy (non-hydrogen) atoms. The average molecular weight is 210 g/mol. The van der Waals surface area contributed by atoms with Gasteiger partial charge in [0, 0.05) is 12.1 Å². The van der Waals surface area contributed by atoms with Crippen LogP contribution < -0.4 is 5.73 Å². The monoisotopic (exact) mass is 210 g/mol. The van der Waals surface area contributed by atoms with Crippen molar-refractivity contribution in [3.05, 3.63) is 47.0 Å². The molecule has 1 amide bonds. The molecule has 0 atom stereocenters. The van der Waals surface area contributed by atoms with Gasteiger partial charge in [-0.1, -0.05) is 6.58 Å². The standard InChI is InChI=1S/C6H5NO3.C3H5NO/c8-6-3-1-5(2-4-6)7(9)10;1-2-3(4)5/h1-4,8H;2H,1H2,(H2,4,5). The highest BCUT2D eigenvalue weighted by Crippen LogP contribution is 2.14. The summed E-state index contributed by atoms with van der Waals surface area (Å²) in [5.41, 5.74) is 4.52. The van der Waals surface area contributed by atoms with Gasteiger partial charge in [0.25, 0.3) is 5.69 Å². The summed E-state index contributed by atoms with van der Waals surface area (Å²) in [4.78, 5) is 19.0. The number of primary amides is 1. The molecule has 80 valence electrons. The first-order valence-electron chi connectivity index (χ1n) is 3.82. The summed E-state index contributed by atoms with van der Waals surface area (Å²) in [5, 5.41) is 18.8. The third kappa shape index (κ3) is 5.81. The van der Waals surface area contributed by atoms with Gasteiger partial charge in [0.2, 0.25) is 5.91 Å². The maximum atomic E-state index is 10.0. The predicted octanol–water partition coefficient (Wildman–Crippen LogP) is 0.958. The van der Waals surface area contributed by atoms with Crippen molar-refractivity contribution in [3.63, 3.8) is 0 Å². The lowest BCUT2D eigenvalue weighted by molar-refractivity contribution is -0.384. The molecule has 6 nitrogen and oxygen atoms in total. The number of benzene rings is 1. The highest BCUT2D eigenvalue weighted by molar-refractivity contribution is 5.84. The number of nitro benzene ring substituents is 1. The van der Waals surface area contributed by atoms with Gasteiger partial charge >= 0.3 is 0 Å². The van der Waals surface area contributed by atoms with E-state index in [1.54, 1.807) is 0 Å². The van der Waals surface area contributed by atoms with E-state index in [9.17, 15) is 14.9 Å².